The van der Waals surface area contributed by atoms with Crippen molar-refractivity contribution < 1.29 is 4.79 Å². The number of hydrogen-bond donors (Lipinski definition) is 1. The highest BCUT2D eigenvalue weighted by molar-refractivity contribution is 5.98. The van der Waals surface area contributed by atoms with E-state index in [0.29, 0.717) is 17.9 Å². The van der Waals surface area contributed by atoms with Gasteiger partial charge in [-0.3, -0.25) is 4.79 Å². The molecule has 1 unspecified atom stereocenters. The number of hydrogen-bond acceptors (Lipinski definition) is 4. The lowest BCUT2D eigenvalue weighted by molar-refractivity contribution is 0.0957. The summed E-state index contributed by atoms with van der Waals surface area (Å²) in [6.07, 6.45) is 7.10. The first kappa shape index (κ1) is 17.2. The van der Waals surface area contributed by atoms with Crippen LogP contribution in [0, 0.1) is 12.8 Å². The fraction of sp³-hybridized carbons (Fsp3) is 0.174. The van der Waals surface area contributed by atoms with E-state index in [9.17, 15) is 4.79 Å². The van der Waals surface area contributed by atoms with E-state index in [2.05, 4.69) is 39.6 Å². The van der Waals surface area contributed by atoms with Crippen LogP contribution in [0.25, 0.3) is 6.08 Å². The Morgan fingerprint density at radius 1 is 1.04 bits per heavy atom. The largest absolute Gasteiger partial charge is 0.324 e. The first-order chi connectivity index (χ1) is 13.2. The molecule has 0 aliphatic heterocycles. The molecule has 1 aromatic heterocycles. The summed E-state index contributed by atoms with van der Waals surface area (Å²) in [6, 6.07) is 18.2. The van der Waals surface area contributed by atoms with Crippen LogP contribution >= 0.6 is 0 Å². The smallest absolute Gasteiger partial charge is 0.227 e. The van der Waals surface area contributed by atoms with Crippen molar-refractivity contribution in [2.45, 2.75) is 19.8 Å². The third-order valence-electron chi connectivity index (χ3n) is 4.74. The van der Waals surface area contributed by atoms with Crippen molar-refractivity contribution in [3.8, 4) is 0 Å². The van der Waals surface area contributed by atoms with Crippen molar-refractivity contribution in [3.05, 3.63) is 89.3 Å². The summed E-state index contributed by atoms with van der Waals surface area (Å²) >= 11 is 0. The van der Waals surface area contributed by atoms with Gasteiger partial charge in [-0.2, -0.15) is 0 Å². The van der Waals surface area contributed by atoms with E-state index in [1.807, 2.05) is 49.4 Å². The molecule has 1 heterocycles. The molecule has 1 N–H and O–H groups in total. The van der Waals surface area contributed by atoms with Gasteiger partial charge in [-0.15, -0.1) is 0 Å². The lowest BCUT2D eigenvalue weighted by atomic mass is 9.86. The molecule has 0 saturated carbocycles. The minimum absolute atomic E-state index is 0.112. The van der Waals surface area contributed by atoms with Gasteiger partial charge in [0.05, 0.1) is 11.3 Å². The van der Waals surface area contributed by atoms with E-state index < -0.39 is 0 Å². The van der Waals surface area contributed by atoms with Crippen LogP contribution in [-0.4, -0.2) is 15.8 Å². The van der Waals surface area contributed by atoms with Crippen molar-refractivity contribution in [1.29, 1.82) is 0 Å². The molecule has 0 spiro atoms. The average molecular weight is 355 g/mol. The van der Waals surface area contributed by atoms with Crippen LogP contribution in [0.4, 0.5) is 11.6 Å². The molecule has 134 valence electrons. The van der Waals surface area contributed by atoms with Crippen LogP contribution in [0.3, 0.4) is 0 Å². The maximum Gasteiger partial charge on any atom is 0.227 e. The SMILES string of the molecule is Cc1ccc(Nc2ncc3c(n2)CC(C=Cc2ccccc2)CC3=O)cc1. The number of carbonyl (C=O) groups excluding carboxylic acids is 1. The van der Waals surface area contributed by atoms with Gasteiger partial charge in [-0.1, -0.05) is 60.2 Å². The van der Waals surface area contributed by atoms with E-state index in [1.54, 1.807) is 6.20 Å². The molecule has 27 heavy (non-hydrogen) atoms. The molecule has 2 aromatic carbocycles. The van der Waals surface area contributed by atoms with Crippen LogP contribution in [0.15, 0.2) is 66.9 Å². The van der Waals surface area contributed by atoms with Crippen LogP contribution in [0.1, 0.15) is 33.6 Å². The molecule has 0 radical (unpaired) electrons. The standard InChI is InChI=1S/C23H21N3O/c1-16-7-11-19(12-8-16)25-23-24-15-20-21(26-23)13-18(14-22(20)27)10-9-17-5-3-2-4-6-17/h2-12,15,18H,13-14H2,1H3,(H,24,25,26). The van der Waals surface area contributed by atoms with Crippen molar-refractivity contribution in [2.75, 3.05) is 5.32 Å². The summed E-state index contributed by atoms with van der Waals surface area (Å²) < 4.78 is 0. The molecule has 4 nitrogen and oxygen atoms in total. The number of rotatable bonds is 4. The maximum absolute atomic E-state index is 12.5. The normalized spacial score (nSPS) is 16.3. The molecule has 0 amide bonds. The van der Waals surface area contributed by atoms with Crippen LogP contribution in [0.2, 0.25) is 0 Å². The van der Waals surface area contributed by atoms with Gasteiger partial charge in [0.1, 0.15) is 0 Å². The predicted molar refractivity (Wildman–Crippen MR) is 108 cm³/mol. The zero-order valence-corrected chi connectivity index (χ0v) is 15.2. The number of aryl methyl sites for hydroxylation is 1. The number of nitrogens with zero attached hydrogens (tertiary/aromatic N) is 2. The fourth-order valence-electron chi connectivity index (χ4n) is 3.25. The Labute approximate surface area is 159 Å². The predicted octanol–water partition coefficient (Wildman–Crippen LogP) is 4.99. The number of fused-ring (bicyclic) bond motifs is 1. The summed E-state index contributed by atoms with van der Waals surface area (Å²) in [6.45, 7) is 2.05. The van der Waals surface area contributed by atoms with Crippen molar-refractivity contribution >= 4 is 23.5 Å². The third kappa shape index (κ3) is 4.11. The molecule has 4 heteroatoms. The molecular weight excluding hydrogens is 334 g/mol. The van der Waals surface area contributed by atoms with Gasteiger partial charge in [0.2, 0.25) is 5.95 Å². The summed E-state index contributed by atoms with van der Waals surface area (Å²) in [5.41, 5.74) is 4.74. The molecular formula is C23H21N3O. The summed E-state index contributed by atoms with van der Waals surface area (Å²) in [7, 11) is 0. The summed E-state index contributed by atoms with van der Waals surface area (Å²) in [5, 5.41) is 3.22. The number of nitrogens with one attached hydrogen (secondary N) is 1. The van der Waals surface area contributed by atoms with Crippen molar-refractivity contribution in [1.82, 2.24) is 9.97 Å². The Morgan fingerprint density at radius 3 is 2.59 bits per heavy atom. The van der Waals surface area contributed by atoms with Gasteiger partial charge in [0.15, 0.2) is 5.78 Å². The Bertz CT molecular complexity index is 978. The average Bonchev–Trinajstić information content (AvgIpc) is 2.69. The summed E-state index contributed by atoms with van der Waals surface area (Å²) in [4.78, 5) is 21.4. The molecule has 0 bridgehead atoms. The van der Waals surface area contributed by atoms with E-state index >= 15 is 0 Å². The second kappa shape index (κ2) is 7.54. The quantitative estimate of drug-likeness (QED) is 0.716. The van der Waals surface area contributed by atoms with Gasteiger partial charge >= 0.3 is 0 Å². The van der Waals surface area contributed by atoms with Gasteiger partial charge < -0.3 is 5.32 Å². The lowest BCUT2D eigenvalue weighted by Crippen LogP contribution is -2.21. The van der Waals surface area contributed by atoms with E-state index in [0.717, 1.165) is 23.4 Å². The minimum atomic E-state index is 0.112. The molecule has 4 rings (SSSR count). The zero-order chi connectivity index (χ0) is 18.6. The van der Waals surface area contributed by atoms with Crippen molar-refractivity contribution in [2.24, 2.45) is 5.92 Å². The fourth-order valence-corrected chi connectivity index (χ4v) is 3.25. The lowest BCUT2D eigenvalue weighted by Gasteiger charge is -2.20. The highest BCUT2D eigenvalue weighted by Gasteiger charge is 2.25. The molecule has 3 aromatic rings. The van der Waals surface area contributed by atoms with Crippen molar-refractivity contribution in [3.63, 3.8) is 0 Å². The highest BCUT2D eigenvalue weighted by Crippen LogP contribution is 2.26. The number of benzene rings is 2. The van der Waals surface area contributed by atoms with E-state index in [4.69, 9.17) is 0 Å². The monoisotopic (exact) mass is 355 g/mol. The Balaban J connectivity index is 1.53. The van der Waals surface area contributed by atoms with Crippen LogP contribution in [0.5, 0.6) is 0 Å². The van der Waals surface area contributed by atoms with E-state index in [1.165, 1.54) is 5.56 Å². The first-order valence-corrected chi connectivity index (χ1v) is 9.13. The topological polar surface area (TPSA) is 54.9 Å². The Morgan fingerprint density at radius 2 is 1.81 bits per heavy atom. The number of anilines is 2. The molecule has 1 aliphatic carbocycles. The number of Topliss-reactive ketones (excluding diaryl/α,β-unsaturated/α-hetero) is 1. The maximum atomic E-state index is 12.5. The van der Waals surface area contributed by atoms with E-state index in [-0.39, 0.29) is 11.7 Å². The third-order valence-corrected chi connectivity index (χ3v) is 4.74. The number of ketones is 1. The van der Waals surface area contributed by atoms with Gasteiger partial charge in [0.25, 0.3) is 0 Å². The van der Waals surface area contributed by atoms with Gasteiger partial charge in [0, 0.05) is 18.3 Å². The Kier molecular flexibility index (Phi) is 4.79. The first-order valence-electron chi connectivity index (χ1n) is 9.13. The van der Waals surface area contributed by atoms with Gasteiger partial charge in [-0.25, -0.2) is 9.97 Å². The minimum Gasteiger partial charge on any atom is -0.324 e. The number of carbonyl (C=O) groups is 1. The Hall–Kier alpha value is -3.27. The second-order valence-corrected chi connectivity index (χ2v) is 6.91. The summed E-state index contributed by atoms with van der Waals surface area (Å²) in [5.74, 6) is 0.797. The van der Waals surface area contributed by atoms with Crippen LogP contribution < -0.4 is 5.32 Å². The molecule has 1 aliphatic rings. The molecule has 1 atom stereocenters. The van der Waals surface area contributed by atoms with Gasteiger partial charge in [-0.05, 0) is 37.0 Å². The second-order valence-electron chi connectivity index (χ2n) is 6.91. The molecule has 0 fully saturated rings. The highest BCUT2D eigenvalue weighted by atomic mass is 16.1. The zero-order valence-electron chi connectivity index (χ0n) is 15.2. The number of aromatic nitrogens is 2. The van der Waals surface area contributed by atoms with Crippen LogP contribution in [-0.2, 0) is 6.42 Å². The molecule has 0 saturated heterocycles. The number of allylic oxidation sites excluding steroid dienone is 1.